The van der Waals surface area contributed by atoms with Crippen molar-refractivity contribution in [3.63, 3.8) is 0 Å². The molecule has 30 heavy (non-hydrogen) atoms. The van der Waals surface area contributed by atoms with Gasteiger partial charge in [-0.1, -0.05) is 60.7 Å². The third-order valence-corrected chi connectivity index (χ3v) is 5.27. The molecule has 1 aliphatic carbocycles. The number of halogens is 1. The van der Waals surface area contributed by atoms with Gasteiger partial charge in [0.05, 0.1) is 0 Å². The monoisotopic (exact) mass is 405 g/mol. The Morgan fingerprint density at radius 1 is 0.967 bits per heavy atom. The van der Waals surface area contributed by atoms with Gasteiger partial charge < -0.3 is 15.2 Å². The zero-order chi connectivity index (χ0) is 21.1. The number of hydrogen-bond acceptors (Lipinski definition) is 3. The quantitative estimate of drug-likeness (QED) is 0.639. The molecule has 0 aromatic heterocycles. The van der Waals surface area contributed by atoms with Crippen LogP contribution in [0.5, 0.6) is 0 Å². The average molecular weight is 405 g/mol. The normalized spacial score (nSPS) is 15.0. The molecule has 1 aliphatic rings. The van der Waals surface area contributed by atoms with E-state index in [4.69, 9.17) is 4.74 Å². The van der Waals surface area contributed by atoms with Crippen LogP contribution in [0.2, 0.25) is 0 Å². The number of fused-ring (bicyclic) bond motifs is 3. The Morgan fingerprint density at radius 2 is 1.67 bits per heavy atom. The Morgan fingerprint density at radius 3 is 2.43 bits per heavy atom. The molecule has 0 spiro atoms. The number of aliphatic carboxylic acids is 1. The fraction of sp³-hybridized carbons (Fsp3) is 0.167. The van der Waals surface area contributed by atoms with Gasteiger partial charge in [-0.3, -0.25) is 0 Å². The van der Waals surface area contributed by atoms with Crippen LogP contribution in [0.1, 0.15) is 22.6 Å². The molecule has 1 amide bonds. The number of ether oxygens (including phenoxy) is 1. The van der Waals surface area contributed by atoms with Crippen LogP contribution in [-0.4, -0.2) is 29.8 Å². The van der Waals surface area contributed by atoms with Crippen LogP contribution in [0.4, 0.5) is 9.18 Å². The Balaban J connectivity index is 1.46. The highest BCUT2D eigenvalue weighted by atomic mass is 19.1. The van der Waals surface area contributed by atoms with E-state index >= 15 is 0 Å². The zero-order valence-electron chi connectivity index (χ0n) is 16.0. The van der Waals surface area contributed by atoms with E-state index in [2.05, 4.69) is 5.32 Å². The number of amides is 1. The zero-order valence-corrected chi connectivity index (χ0v) is 16.0. The van der Waals surface area contributed by atoms with Crippen LogP contribution in [0.3, 0.4) is 0 Å². The van der Waals surface area contributed by atoms with E-state index in [1.54, 1.807) is 30.3 Å². The van der Waals surface area contributed by atoms with Crippen molar-refractivity contribution in [3.05, 3.63) is 95.3 Å². The van der Waals surface area contributed by atoms with E-state index in [1.807, 2.05) is 30.3 Å². The lowest BCUT2D eigenvalue weighted by Crippen LogP contribution is -2.42. The minimum absolute atomic E-state index is 0.0169. The highest BCUT2D eigenvalue weighted by Gasteiger charge is 2.30. The van der Waals surface area contributed by atoms with Gasteiger partial charge in [0, 0.05) is 12.3 Å². The van der Waals surface area contributed by atoms with Crippen molar-refractivity contribution >= 4 is 12.1 Å². The second-order valence-corrected chi connectivity index (χ2v) is 7.19. The second-order valence-electron chi connectivity index (χ2n) is 7.19. The van der Waals surface area contributed by atoms with Crippen molar-refractivity contribution in [2.45, 2.75) is 18.4 Å². The SMILES string of the molecule is O=C(N[C@@H](Cc1ccccc1)C(=O)O)OCC1c2ccccc2-c2ccc(F)cc21. The molecule has 0 saturated carbocycles. The van der Waals surface area contributed by atoms with Gasteiger partial charge >= 0.3 is 12.1 Å². The van der Waals surface area contributed by atoms with Gasteiger partial charge in [0.2, 0.25) is 0 Å². The fourth-order valence-electron chi connectivity index (χ4n) is 3.85. The number of rotatable bonds is 6. The molecule has 2 N–H and O–H groups in total. The molecule has 0 heterocycles. The lowest BCUT2D eigenvalue weighted by Gasteiger charge is -2.17. The smallest absolute Gasteiger partial charge is 0.407 e. The van der Waals surface area contributed by atoms with Crippen molar-refractivity contribution in [2.24, 2.45) is 0 Å². The maximum absolute atomic E-state index is 13.8. The number of alkyl carbamates (subject to hydrolysis) is 1. The van der Waals surface area contributed by atoms with Crippen molar-refractivity contribution in [2.75, 3.05) is 6.61 Å². The first-order valence-corrected chi connectivity index (χ1v) is 9.61. The van der Waals surface area contributed by atoms with E-state index in [0.29, 0.717) is 0 Å². The van der Waals surface area contributed by atoms with Gasteiger partial charge in [0.25, 0.3) is 0 Å². The average Bonchev–Trinajstić information content (AvgIpc) is 3.05. The maximum atomic E-state index is 13.8. The van der Waals surface area contributed by atoms with Crippen molar-refractivity contribution in [3.8, 4) is 11.1 Å². The summed E-state index contributed by atoms with van der Waals surface area (Å²) < 4.78 is 19.2. The summed E-state index contributed by atoms with van der Waals surface area (Å²) in [4.78, 5) is 23.9. The maximum Gasteiger partial charge on any atom is 0.407 e. The van der Waals surface area contributed by atoms with E-state index < -0.39 is 18.1 Å². The molecule has 3 aromatic rings. The highest BCUT2D eigenvalue weighted by Crippen LogP contribution is 2.44. The summed E-state index contributed by atoms with van der Waals surface area (Å²) in [5.41, 5.74) is 4.38. The van der Waals surface area contributed by atoms with Crippen LogP contribution in [0.15, 0.2) is 72.8 Å². The van der Waals surface area contributed by atoms with Crippen LogP contribution in [0.25, 0.3) is 11.1 Å². The molecule has 0 radical (unpaired) electrons. The summed E-state index contributed by atoms with van der Waals surface area (Å²) in [7, 11) is 0. The standard InChI is InChI=1S/C24H20FNO4/c25-16-10-11-19-17-8-4-5-9-18(17)21(20(19)13-16)14-30-24(29)26-22(23(27)28)12-15-6-2-1-3-7-15/h1-11,13,21-22H,12,14H2,(H,26,29)(H,27,28)/t21?,22-/m0/s1. The number of carbonyl (C=O) groups is 2. The van der Waals surface area contributed by atoms with Crippen molar-refractivity contribution in [1.29, 1.82) is 0 Å². The molecule has 0 fully saturated rings. The third kappa shape index (κ3) is 4.03. The van der Waals surface area contributed by atoms with Gasteiger partial charge in [0.1, 0.15) is 18.5 Å². The molecular formula is C24H20FNO4. The predicted molar refractivity (Wildman–Crippen MR) is 110 cm³/mol. The topological polar surface area (TPSA) is 75.6 Å². The summed E-state index contributed by atoms with van der Waals surface area (Å²) in [5, 5.41) is 11.9. The molecule has 3 aromatic carbocycles. The van der Waals surface area contributed by atoms with Crippen LogP contribution >= 0.6 is 0 Å². The number of benzene rings is 3. The first-order chi connectivity index (χ1) is 14.5. The Kier molecular flexibility index (Phi) is 5.48. The molecule has 0 saturated heterocycles. The van der Waals surface area contributed by atoms with Crippen molar-refractivity contribution in [1.82, 2.24) is 5.32 Å². The fourth-order valence-corrected chi connectivity index (χ4v) is 3.85. The number of hydrogen-bond donors (Lipinski definition) is 2. The van der Waals surface area contributed by atoms with Crippen LogP contribution in [-0.2, 0) is 16.0 Å². The minimum atomic E-state index is -1.14. The number of carboxylic acid groups (broad SMARTS) is 1. The number of carboxylic acids is 1. The van der Waals surface area contributed by atoms with Gasteiger partial charge in [-0.2, -0.15) is 0 Å². The van der Waals surface area contributed by atoms with Crippen LogP contribution in [0, 0.1) is 5.82 Å². The Hall–Kier alpha value is -3.67. The van der Waals surface area contributed by atoms with Gasteiger partial charge in [-0.25, -0.2) is 14.0 Å². The van der Waals surface area contributed by atoms with E-state index in [-0.39, 0.29) is 24.8 Å². The largest absolute Gasteiger partial charge is 0.480 e. The molecule has 0 aliphatic heterocycles. The van der Waals surface area contributed by atoms with Gasteiger partial charge in [-0.15, -0.1) is 0 Å². The molecule has 1 unspecified atom stereocenters. The molecular weight excluding hydrogens is 385 g/mol. The number of carbonyl (C=O) groups excluding carboxylic acids is 1. The first kappa shape index (κ1) is 19.6. The van der Waals surface area contributed by atoms with E-state index in [1.165, 1.54) is 12.1 Å². The molecule has 6 heteroatoms. The van der Waals surface area contributed by atoms with Gasteiger partial charge in [-0.05, 0) is 39.9 Å². The summed E-state index contributed by atoms with van der Waals surface area (Å²) in [6.07, 6.45) is -0.674. The van der Waals surface area contributed by atoms with Crippen LogP contribution < -0.4 is 5.32 Å². The van der Waals surface area contributed by atoms with Gasteiger partial charge in [0.15, 0.2) is 0 Å². The minimum Gasteiger partial charge on any atom is -0.480 e. The third-order valence-electron chi connectivity index (χ3n) is 5.27. The Labute approximate surface area is 173 Å². The second kappa shape index (κ2) is 8.37. The summed E-state index contributed by atoms with van der Waals surface area (Å²) in [6, 6.07) is 20.2. The predicted octanol–water partition coefficient (Wildman–Crippen LogP) is 4.36. The summed E-state index contributed by atoms with van der Waals surface area (Å²) in [5.74, 6) is -1.81. The van der Waals surface area contributed by atoms with E-state index in [9.17, 15) is 19.1 Å². The number of nitrogens with one attached hydrogen (secondary N) is 1. The summed E-state index contributed by atoms with van der Waals surface area (Å²) >= 11 is 0. The molecule has 152 valence electrons. The first-order valence-electron chi connectivity index (χ1n) is 9.61. The summed E-state index contributed by atoms with van der Waals surface area (Å²) in [6.45, 7) is -0.0169. The molecule has 4 rings (SSSR count). The molecule has 0 bridgehead atoms. The highest BCUT2D eigenvalue weighted by molar-refractivity contribution is 5.81. The van der Waals surface area contributed by atoms with Crippen molar-refractivity contribution < 1.29 is 23.8 Å². The lowest BCUT2D eigenvalue weighted by molar-refractivity contribution is -0.139. The molecule has 2 atom stereocenters. The lowest BCUT2D eigenvalue weighted by atomic mass is 9.98. The van der Waals surface area contributed by atoms with E-state index in [0.717, 1.165) is 27.8 Å². The molecule has 5 nitrogen and oxygen atoms in total. The Bertz CT molecular complexity index is 1080.